The number of halogens is 1. The van der Waals surface area contributed by atoms with Gasteiger partial charge in [0.15, 0.2) is 0 Å². The number of benzene rings is 1. The Hall–Kier alpha value is -2.54. The molecule has 3 N–H and O–H groups in total. The molecule has 0 unspecified atom stereocenters. The number of hydrogen-bond donors (Lipinski definition) is 3. The number of nitrogens with zero attached hydrogens (tertiary/aromatic N) is 1. The monoisotopic (exact) mass is 376 g/mol. The molecule has 1 fully saturated rings. The van der Waals surface area contributed by atoms with E-state index in [1.54, 1.807) is 31.2 Å². The number of carbonyl (C=O) groups is 2. The first-order valence-electron chi connectivity index (χ1n) is 8.64. The number of carbonyl (C=O) groups excluding carboxylic acids is 2. The molecule has 26 heavy (non-hydrogen) atoms. The van der Waals surface area contributed by atoms with Crippen molar-refractivity contribution in [2.24, 2.45) is 0 Å². The van der Waals surface area contributed by atoms with Crippen LogP contribution in [0.1, 0.15) is 48.0 Å². The van der Waals surface area contributed by atoms with Crippen molar-refractivity contribution in [1.29, 1.82) is 0 Å². The summed E-state index contributed by atoms with van der Waals surface area (Å²) in [6.45, 7) is 1.70. The van der Waals surface area contributed by atoms with Crippen molar-refractivity contribution >= 4 is 29.4 Å². The van der Waals surface area contributed by atoms with Gasteiger partial charge >= 0.3 is 6.09 Å². The minimum atomic E-state index is -0.532. The van der Waals surface area contributed by atoms with Crippen LogP contribution in [0.2, 0.25) is 5.02 Å². The van der Waals surface area contributed by atoms with Crippen LogP contribution in [0, 0.1) is 6.92 Å². The number of amides is 2. The molecule has 0 radical (unpaired) electrons. The molecule has 1 aromatic carbocycles. The SMILES string of the molecule is Cc1c(OC(=O)NC2CCCCC2)n[nH]c1NC(=O)c1ccccc1Cl. The van der Waals surface area contributed by atoms with E-state index < -0.39 is 6.09 Å². The van der Waals surface area contributed by atoms with Gasteiger partial charge in [-0.3, -0.25) is 9.89 Å². The zero-order valence-corrected chi connectivity index (χ0v) is 15.2. The average Bonchev–Trinajstić information content (AvgIpc) is 2.96. The van der Waals surface area contributed by atoms with Gasteiger partial charge in [-0.1, -0.05) is 43.0 Å². The molecule has 7 nitrogen and oxygen atoms in total. The van der Waals surface area contributed by atoms with Crippen molar-refractivity contribution in [1.82, 2.24) is 15.5 Å². The molecule has 3 rings (SSSR count). The molecular weight excluding hydrogens is 356 g/mol. The highest BCUT2D eigenvalue weighted by Crippen LogP contribution is 2.24. The molecule has 0 atom stereocenters. The fourth-order valence-corrected chi connectivity index (χ4v) is 3.18. The Balaban J connectivity index is 1.61. The topological polar surface area (TPSA) is 96.1 Å². The Kier molecular flexibility index (Phi) is 5.78. The number of nitrogens with one attached hydrogen (secondary N) is 3. The van der Waals surface area contributed by atoms with Crippen LogP contribution in [0.4, 0.5) is 10.6 Å². The van der Waals surface area contributed by atoms with Gasteiger partial charge in [0.2, 0.25) is 5.88 Å². The average molecular weight is 377 g/mol. The molecule has 1 heterocycles. The molecule has 1 saturated carbocycles. The van der Waals surface area contributed by atoms with Crippen molar-refractivity contribution in [2.75, 3.05) is 5.32 Å². The summed E-state index contributed by atoms with van der Waals surface area (Å²) in [5, 5.41) is 12.5. The Morgan fingerprint density at radius 3 is 2.69 bits per heavy atom. The van der Waals surface area contributed by atoms with E-state index in [0.717, 1.165) is 25.7 Å². The summed E-state index contributed by atoms with van der Waals surface area (Å²) in [5.41, 5.74) is 0.880. The summed E-state index contributed by atoms with van der Waals surface area (Å²) in [4.78, 5) is 24.4. The molecule has 1 aliphatic carbocycles. The first-order chi connectivity index (χ1) is 12.5. The lowest BCUT2D eigenvalue weighted by Crippen LogP contribution is -2.38. The van der Waals surface area contributed by atoms with Gasteiger partial charge in [-0.25, -0.2) is 4.79 Å². The van der Waals surface area contributed by atoms with Gasteiger partial charge in [-0.15, -0.1) is 5.10 Å². The lowest BCUT2D eigenvalue weighted by Gasteiger charge is -2.21. The van der Waals surface area contributed by atoms with Crippen molar-refractivity contribution in [3.05, 3.63) is 40.4 Å². The highest BCUT2D eigenvalue weighted by atomic mass is 35.5. The molecule has 0 spiro atoms. The maximum Gasteiger partial charge on any atom is 0.414 e. The van der Waals surface area contributed by atoms with Crippen LogP contribution < -0.4 is 15.4 Å². The third-order valence-electron chi connectivity index (χ3n) is 4.44. The second-order valence-electron chi connectivity index (χ2n) is 6.33. The summed E-state index contributed by atoms with van der Waals surface area (Å²) in [6.07, 6.45) is 4.84. The maximum absolute atomic E-state index is 12.3. The smallest absolute Gasteiger partial charge is 0.389 e. The van der Waals surface area contributed by atoms with Crippen LogP contribution in [0.5, 0.6) is 5.88 Å². The second-order valence-corrected chi connectivity index (χ2v) is 6.74. The quantitative estimate of drug-likeness (QED) is 0.750. The maximum atomic E-state index is 12.3. The highest BCUT2D eigenvalue weighted by molar-refractivity contribution is 6.34. The molecule has 138 valence electrons. The van der Waals surface area contributed by atoms with Crippen molar-refractivity contribution in [3.63, 3.8) is 0 Å². The molecule has 0 saturated heterocycles. The molecule has 1 aromatic heterocycles. The molecule has 0 bridgehead atoms. The highest BCUT2D eigenvalue weighted by Gasteiger charge is 2.20. The van der Waals surface area contributed by atoms with Gasteiger partial charge in [0.1, 0.15) is 5.82 Å². The van der Waals surface area contributed by atoms with Crippen LogP contribution >= 0.6 is 11.6 Å². The Morgan fingerprint density at radius 1 is 1.23 bits per heavy atom. The summed E-state index contributed by atoms with van der Waals surface area (Å²) in [5.74, 6) is 0.115. The fraction of sp³-hybridized carbons (Fsp3) is 0.389. The van der Waals surface area contributed by atoms with Gasteiger partial charge in [-0.05, 0) is 31.9 Å². The predicted octanol–water partition coefficient (Wildman–Crippen LogP) is 4.04. The largest absolute Gasteiger partial charge is 0.414 e. The Labute approximate surface area is 156 Å². The van der Waals surface area contributed by atoms with Crippen LogP contribution in [0.15, 0.2) is 24.3 Å². The first kappa shape index (κ1) is 18.3. The minimum Gasteiger partial charge on any atom is -0.389 e. The predicted molar refractivity (Wildman–Crippen MR) is 98.8 cm³/mol. The summed E-state index contributed by atoms with van der Waals surface area (Å²) in [7, 11) is 0. The molecular formula is C18H21ClN4O3. The van der Waals surface area contributed by atoms with Crippen LogP contribution in [-0.4, -0.2) is 28.2 Å². The van der Waals surface area contributed by atoms with Crippen molar-refractivity contribution < 1.29 is 14.3 Å². The third kappa shape index (κ3) is 4.35. The Bertz CT molecular complexity index is 799. The molecule has 2 amide bonds. The van der Waals surface area contributed by atoms with Gasteiger partial charge in [-0.2, -0.15) is 0 Å². The molecule has 2 aromatic rings. The van der Waals surface area contributed by atoms with Gasteiger partial charge < -0.3 is 15.4 Å². The zero-order valence-electron chi connectivity index (χ0n) is 14.5. The number of hydrogen-bond acceptors (Lipinski definition) is 4. The van der Waals surface area contributed by atoms with Crippen molar-refractivity contribution in [2.45, 2.75) is 45.1 Å². The van der Waals surface area contributed by atoms with E-state index in [-0.39, 0.29) is 17.8 Å². The van der Waals surface area contributed by atoms with Crippen LogP contribution in [0.3, 0.4) is 0 Å². The summed E-state index contributed by atoms with van der Waals surface area (Å²) >= 11 is 6.03. The van der Waals surface area contributed by atoms with E-state index in [0.29, 0.717) is 22.0 Å². The van der Waals surface area contributed by atoms with Crippen LogP contribution in [0.25, 0.3) is 0 Å². The van der Waals surface area contributed by atoms with Gasteiger partial charge in [0.05, 0.1) is 16.1 Å². The fourth-order valence-electron chi connectivity index (χ4n) is 2.96. The third-order valence-corrected chi connectivity index (χ3v) is 4.77. The molecule has 1 aliphatic rings. The number of aromatic amines is 1. The number of rotatable bonds is 4. The number of aromatic nitrogens is 2. The first-order valence-corrected chi connectivity index (χ1v) is 9.01. The number of H-pyrrole nitrogens is 1. The molecule has 0 aliphatic heterocycles. The van der Waals surface area contributed by atoms with Crippen LogP contribution in [-0.2, 0) is 0 Å². The lowest BCUT2D eigenvalue weighted by molar-refractivity contribution is 0.102. The minimum absolute atomic E-state index is 0.132. The molecule has 8 heteroatoms. The van der Waals surface area contributed by atoms with Gasteiger partial charge in [0, 0.05) is 6.04 Å². The standard InChI is InChI=1S/C18H21ClN4O3/c1-11-15(21-16(24)13-9-5-6-10-14(13)19)22-23-17(11)26-18(25)20-12-7-3-2-4-8-12/h5-6,9-10,12H,2-4,7-8H2,1H3,(H,20,25)(H2,21,22,23,24). The Morgan fingerprint density at radius 2 is 1.96 bits per heavy atom. The van der Waals surface area contributed by atoms with Gasteiger partial charge in [0.25, 0.3) is 5.91 Å². The summed E-state index contributed by atoms with van der Waals surface area (Å²) < 4.78 is 5.27. The van der Waals surface area contributed by atoms with E-state index in [1.807, 2.05) is 0 Å². The van der Waals surface area contributed by atoms with E-state index in [1.165, 1.54) is 6.42 Å². The number of ether oxygens (including phenoxy) is 1. The van der Waals surface area contributed by atoms with E-state index in [9.17, 15) is 9.59 Å². The van der Waals surface area contributed by atoms with Crippen molar-refractivity contribution in [3.8, 4) is 5.88 Å². The normalized spacial score (nSPS) is 14.7. The lowest BCUT2D eigenvalue weighted by atomic mass is 9.96. The summed E-state index contributed by atoms with van der Waals surface area (Å²) in [6, 6.07) is 6.89. The second kappa shape index (κ2) is 8.23. The van der Waals surface area contributed by atoms with E-state index in [2.05, 4.69) is 20.8 Å². The van der Waals surface area contributed by atoms with E-state index >= 15 is 0 Å². The number of anilines is 1. The van der Waals surface area contributed by atoms with E-state index in [4.69, 9.17) is 16.3 Å². The zero-order chi connectivity index (χ0) is 18.5.